The van der Waals surface area contributed by atoms with Gasteiger partial charge in [0.05, 0.1) is 19.3 Å². The first-order valence-electron chi connectivity index (χ1n) is 10.1. The molecule has 138 valence electrons. The van der Waals surface area contributed by atoms with Crippen molar-refractivity contribution >= 4 is 5.91 Å². The monoisotopic (exact) mass is 337 g/mol. The number of hydrogen-bond donors (Lipinski definition) is 0. The number of hydrogen-bond acceptors (Lipinski definition) is 3. The van der Waals surface area contributed by atoms with Crippen molar-refractivity contribution in [1.82, 2.24) is 4.90 Å². The van der Waals surface area contributed by atoms with Crippen LogP contribution in [0.3, 0.4) is 0 Å². The van der Waals surface area contributed by atoms with Crippen molar-refractivity contribution in [3.05, 3.63) is 0 Å². The molecule has 1 amide bonds. The molecule has 4 heteroatoms. The molecule has 3 rings (SSSR count). The third-order valence-electron chi connectivity index (χ3n) is 6.55. The van der Waals surface area contributed by atoms with Crippen molar-refractivity contribution in [2.75, 3.05) is 33.4 Å². The van der Waals surface area contributed by atoms with Crippen LogP contribution in [0.5, 0.6) is 0 Å². The molecule has 0 N–H and O–H groups in total. The fourth-order valence-corrected chi connectivity index (χ4v) is 5.14. The summed E-state index contributed by atoms with van der Waals surface area (Å²) in [6, 6.07) is 0. The van der Waals surface area contributed by atoms with Gasteiger partial charge in [-0.3, -0.25) is 4.79 Å². The van der Waals surface area contributed by atoms with E-state index in [1.165, 1.54) is 44.9 Å². The zero-order valence-electron chi connectivity index (χ0n) is 15.4. The predicted molar refractivity (Wildman–Crippen MR) is 94.9 cm³/mol. The molecule has 0 aromatic carbocycles. The highest BCUT2D eigenvalue weighted by Gasteiger charge is 2.39. The average molecular weight is 338 g/mol. The van der Waals surface area contributed by atoms with Crippen LogP contribution in [-0.2, 0) is 14.3 Å². The fourth-order valence-electron chi connectivity index (χ4n) is 5.14. The summed E-state index contributed by atoms with van der Waals surface area (Å²) in [6.07, 6.45) is 13.8. The molecule has 0 atom stereocenters. The molecule has 2 aliphatic carbocycles. The molecular weight excluding hydrogens is 302 g/mol. The number of ether oxygens (including phenoxy) is 2. The molecule has 2 saturated carbocycles. The maximum Gasteiger partial charge on any atom is 0.225 e. The van der Waals surface area contributed by atoms with Crippen LogP contribution in [-0.4, -0.2) is 50.3 Å². The summed E-state index contributed by atoms with van der Waals surface area (Å²) in [6.45, 7) is 3.37. The van der Waals surface area contributed by atoms with Gasteiger partial charge < -0.3 is 14.4 Å². The van der Waals surface area contributed by atoms with Gasteiger partial charge in [0.15, 0.2) is 0 Å². The fraction of sp³-hybridized carbons (Fsp3) is 0.950. The number of methoxy groups -OCH3 is 1. The van der Waals surface area contributed by atoms with E-state index in [4.69, 9.17) is 9.47 Å². The van der Waals surface area contributed by atoms with Crippen molar-refractivity contribution in [1.29, 1.82) is 0 Å². The number of carbonyl (C=O) groups is 1. The van der Waals surface area contributed by atoms with Crippen LogP contribution in [0.1, 0.15) is 70.6 Å². The summed E-state index contributed by atoms with van der Waals surface area (Å²) in [5.41, 5.74) is 0.465. The number of carbonyl (C=O) groups excluding carboxylic acids is 1. The average Bonchev–Trinajstić information content (AvgIpc) is 2.63. The van der Waals surface area contributed by atoms with E-state index >= 15 is 0 Å². The van der Waals surface area contributed by atoms with E-state index in [1.807, 2.05) is 0 Å². The Hall–Kier alpha value is -0.610. The van der Waals surface area contributed by atoms with Gasteiger partial charge in [-0.25, -0.2) is 0 Å². The summed E-state index contributed by atoms with van der Waals surface area (Å²) in [5, 5.41) is 0. The first-order valence-corrected chi connectivity index (χ1v) is 10.1. The minimum absolute atomic E-state index is 0.242. The molecular formula is C20H35NO3. The molecule has 24 heavy (non-hydrogen) atoms. The van der Waals surface area contributed by atoms with E-state index in [0.29, 0.717) is 30.6 Å². The second-order valence-corrected chi connectivity index (χ2v) is 8.26. The number of piperidine rings is 1. The van der Waals surface area contributed by atoms with Gasteiger partial charge in [0.1, 0.15) is 0 Å². The Morgan fingerprint density at radius 2 is 1.71 bits per heavy atom. The van der Waals surface area contributed by atoms with Crippen LogP contribution in [0, 0.1) is 11.3 Å². The molecule has 0 bridgehead atoms. The zero-order chi connectivity index (χ0) is 16.8. The lowest BCUT2D eigenvalue weighted by Crippen LogP contribution is -2.49. The minimum Gasteiger partial charge on any atom is -0.382 e. The maximum atomic E-state index is 13.0. The zero-order valence-corrected chi connectivity index (χ0v) is 15.4. The quantitative estimate of drug-likeness (QED) is 0.717. The molecule has 0 unspecified atom stereocenters. The number of likely N-dealkylation sites (tertiary alicyclic amines) is 1. The van der Waals surface area contributed by atoms with E-state index < -0.39 is 0 Å². The van der Waals surface area contributed by atoms with Crippen LogP contribution in [0.15, 0.2) is 0 Å². The van der Waals surface area contributed by atoms with Crippen LogP contribution < -0.4 is 0 Å². The number of rotatable bonds is 5. The Bertz CT molecular complexity index is 392. The largest absolute Gasteiger partial charge is 0.382 e. The third-order valence-corrected chi connectivity index (χ3v) is 6.55. The summed E-state index contributed by atoms with van der Waals surface area (Å²) in [4.78, 5) is 15.2. The molecule has 4 nitrogen and oxygen atoms in total. The Kier molecular flexibility index (Phi) is 6.56. The van der Waals surface area contributed by atoms with Gasteiger partial charge in [0, 0.05) is 26.1 Å². The standard InChI is InChI=1S/C20H35NO3/c1-23-14-15-24-18-8-6-17(7-9-18)19(22)21-13-5-12-20(16-21)10-3-2-4-11-20/h17-18H,2-16H2,1H3. The van der Waals surface area contributed by atoms with Crippen molar-refractivity contribution in [2.24, 2.45) is 11.3 Å². The molecule has 0 aromatic heterocycles. The molecule has 1 saturated heterocycles. The summed E-state index contributed by atoms with van der Waals surface area (Å²) < 4.78 is 10.9. The van der Waals surface area contributed by atoms with E-state index in [2.05, 4.69) is 4.90 Å². The Labute approximate surface area is 147 Å². The van der Waals surface area contributed by atoms with Crippen molar-refractivity contribution in [3.63, 3.8) is 0 Å². The van der Waals surface area contributed by atoms with Gasteiger partial charge in [0.2, 0.25) is 5.91 Å². The highest BCUT2D eigenvalue weighted by atomic mass is 16.5. The van der Waals surface area contributed by atoms with Crippen LogP contribution in [0.4, 0.5) is 0 Å². The first-order chi connectivity index (χ1) is 11.7. The molecule has 3 fully saturated rings. The molecule has 1 heterocycles. The van der Waals surface area contributed by atoms with Gasteiger partial charge in [-0.15, -0.1) is 0 Å². The van der Waals surface area contributed by atoms with Gasteiger partial charge >= 0.3 is 0 Å². The minimum atomic E-state index is 0.242. The third kappa shape index (κ3) is 4.51. The summed E-state index contributed by atoms with van der Waals surface area (Å²) in [5.74, 6) is 0.681. The van der Waals surface area contributed by atoms with Gasteiger partial charge in [-0.1, -0.05) is 19.3 Å². The summed E-state index contributed by atoms with van der Waals surface area (Å²) >= 11 is 0. The van der Waals surface area contributed by atoms with Crippen molar-refractivity contribution < 1.29 is 14.3 Å². The van der Waals surface area contributed by atoms with E-state index in [-0.39, 0.29) is 5.92 Å². The van der Waals surface area contributed by atoms with Crippen LogP contribution in [0.2, 0.25) is 0 Å². The van der Waals surface area contributed by atoms with E-state index in [0.717, 1.165) is 38.8 Å². The molecule has 0 radical (unpaired) electrons. The Morgan fingerprint density at radius 1 is 1.00 bits per heavy atom. The lowest BCUT2D eigenvalue weighted by molar-refractivity contribution is -0.142. The maximum absolute atomic E-state index is 13.0. The Balaban J connectivity index is 1.46. The van der Waals surface area contributed by atoms with Crippen LogP contribution >= 0.6 is 0 Å². The second-order valence-electron chi connectivity index (χ2n) is 8.26. The molecule has 3 aliphatic rings. The van der Waals surface area contributed by atoms with E-state index in [1.54, 1.807) is 7.11 Å². The SMILES string of the molecule is COCCOC1CCC(C(=O)N2CCCC3(CCCCC3)C2)CC1. The van der Waals surface area contributed by atoms with Gasteiger partial charge in [0.25, 0.3) is 0 Å². The molecule has 1 aliphatic heterocycles. The highest BCUT2D eigenvalue weighted by molar-refractivity contribution is 5.79. The summed E-state index contributed by atoms with van der Waals surface area (Å²) in [7, 11) is 1.70. The van der Waals surface area contributed by atoms with Gasteiger partial charge in [-0.2, -0.15) is 0 Å². The lowest BCUT2D eigenvalue weighted by Gasteiger charge is -2.46. The number of amides is 1. The predicted octanol–water partition coefficient (Wildman–Crippen LogP) is 3.78. The lowest BCUT2D eigenvalue weighted by atomic mass is 9.69. The van der Waals surface area contributed by atoms with Crippen molar-refractivity contribution in [2.45, 2.75) is 76.7 Å². The smallest absolute Gasteiger partial charge is 0.225 e. The number of nitrogens with zero attached hydrogens (tertiary/aromatic N) is 1. The highest BCUT2D eigenvalue weighted by Crippen LogP contribution is 2.43. The molecule has 1 spiro atoms. The topological polar surface area (TPSA) is 38.8 Å². The Morgan fingerprint density at radius 3 is 2.42 bits per heavy atom. The van der Waals surface area contributed by atoms with Crippen LogP contribution in [0.25, 0.3) is 0 Å². The molecule has 0 aromatic rings. The first kappa shape index (κ1) is 18.2. The van der Waals surface area contributed by atoms with Crippen molar-refractivity contribution in [3.8, 4) is 0 Å². The van der Waals surface area contributed by atoms with E-state index in [9.17, 15) is 4.79 Å². The van der Waals surface area contributed by atoms with Gasteiger partial charge in [-0.05, 0) is 56.8 Å². The normalized spacial score (nSPS) is 30.5. The second kappa shape index (κ2) is 8.66.